The summed E-state index contributed by atoms with van der Waals surface area (Å²) in [6, 6.07) is 0. The lowest BCUT2D eigenvalue weighted by atomic mass is 9.76. The molecule has 0 aromatic rings. The zero-order chi connectivity index (χ0) is 11.6. The Balaban J connectivity index is 2.56. The first-order valence-electron chi connectivity index (χ1n) is 5.26. The number of carboxylic acid groups (broad SMARTS) is 1. The molecule has 2 unspecified atom stereocenters. The molecular formula is C9H18BNO4. The van der Waals surface area contributed by atoms with Crippen molar-refractivity contribution >= 4 is 13.1 Å². The van der Waals surface area contributed by atoms with Crippen molar-refractivity contribution < 1.29 is 19.9 Å². The number of carboxylic acids is 1. The van der Waals surface area contributed by atoms with E-state index in [2.05, 4.69) is 0 Å². The van der Waals surface area contributed by atoms with Crippen LogP contribution in [0, 0.1) is 11.8 Å². The van der Waals surface area contributed by atoms with Crippen molar-refractivity contribution in [2.24, 2.45) is 17.6 Å². The molecule has 1 aliphatic rings. The second kappa shape index (κ2) is 4.51. The molecule has 5 N–H and O–H groups in total. The van der Waals surface area contributed by atoms with Crippen LogP contribution >= 0.6 is 0 Å². The molecule has 1 saturated carbocycles. The van der Waals surface area contributed by atoms with Crippen molar-refractivity contribution in [3.05, 3.63) is 0 Å². The number of carbonyl (C=O) groups is 1. The summed E-state index contributed by atoms with van der Waals surface area (Å²) in [5.74, 6) is -0.899. The monoisotopic (exact) mass is 215 g/mol. The minimum atomic E-state index is -1.31. The van der Waals surface area contributed by atoms with E-state index >= 15 is 0 Å². The molecule has 86 valence electrons. The van der Waals surface area contributed by atoms with E-state index < -0.39 is 18.6 Å². The highest BCUT2D eigenvalue weighted by atomic mass is 16.4. The largest absolute Gasteiger partial charge is 0.480 e. The van der Waals surface area contributed by atoms with Gasteiger partial charge in [0.25, 0.3) is 0 Å². The fourth-order valence-electron chi connectivity index (χ4n) is 2.38. The first-order chi connectivity index (χ1) is 6.88. The summed E-state index contributed by atoms with van der Waals surface area (Å²) < 4.78 is 0. The lowest BCUT2D eigenvalue weighted by molar-refractivity contribution is -0.144. The summed E-state index contributed by atoms with van der Waals surface area (Å²) in [7, 11) is -1.31. The van der Waals surface area contributed by atoms with Gasteiger partial charge >= 0.3 is 13.1 Å². The van der Waals surface area contributed by atoms with Crippen LogP contribution in [0.1, 0.15) is 26.2 Å². The van der Waals surface area contributed by atoms with E-state index in [4.69, 9.17) is 20.9 Å². The highest BCUT2D eigenvalue weighted by Gasteiger charge is 2.48. The maximum atomic E-state index is 11.0. The van der Waals surface area contributed by atoms with Gasteiger partial charge in [-0.05, 0) is 31.0 Å². The van der Waals surface area contributed by atoms with Crippen molar-refractivity contribution in [3.8, 4) is 0 Å². The number of hydrogen-bond donors (Lipinski definition) is 4. The molecule has 1 fully saturated rings. The van der Waals surface area contributed by atoms with Crippen LogP contribution in [-0.2, 0) is 4.79 Å². The fourth-order valence-corrected chi connectivity index (χ4v) is 2.38. The molecule has 0 heterocycles. The Morgan fingerprint density at radius 1 is 1.60 bits per heavy atom. The minimum absolute atomic E-state index is 0.117. The summed E-state index contributed by atoms with van der Waals surface area (Å²) in [6.07, 6.45) is 2.11. The molecule has 0 aliphatic heterocycles. The fraction of sp³-hybridized carbons (Fsp3) is 0.889. The smallest absolute Gasteiger partial charge is 0.451 e. The number of nitrogens with two attached hydrogens (primary N) is 1. The Kier molecular flexibility index (Phi) is 3.75. The van der Waals surface area contributed by atoms with Crippen molar-refractivity contribution in [2.75, 3.05) is 0 Å². The van der Waals surface area contributed by atoms with Gasteiger partial charge in [0.15, 0.2) is 0 Å². The predicted molar refractivity (Wildman–Crippen MR) is 56.1 cm³/mol. The third kappa shape index (κ3) is 2.51. The van der Waals surface area contributed by atoms with Crippen LogP contribution in [0.4, 0.5) is 0 Å². The number of rotatable bonds is 4. The second-order valence-electron chi connectivity index (χ2n) is 4.49. The quantitative estimate of drug-likeness (QED) is 0.481. The van der Waals surface area contributed by atoms with Crippen LogP contribution in [0.2, 0.25) is 6.32 Å². The maximum Gasteiger partial charge on any atom is 0.451 e. The van der Waals surface area contributed by atoms with Gasteiger partial charge < -0.3 is 20.9 Å². The van der Waals surface area contributed by atoms with Gasteiger partial charge in [-0.3, -0.25) is 4.79 Å². The van der Waals surface area contributed by atoms with Gasteiger partial charge in [0.2, 0.25) is 0 Å². The summed E-state index contributed by atoms with van der Waals surface area (Å²) in [5.41, 5.74) is 4.68. The van der Waals surface area contributed by atoms with Gasteiger partial charge in [0.05, 0.1) is 0 Å². The molecule has 3 atom stereocenters. The maximum absolute atomic E-state index is 11.0. The van der Waals surface area contributed by atoms with Gasteiger partial charge in [0.1, 0.15) is 5.54 Å². The Morgan fingerprint density at radius 2 is 2.20 bits per heavy atom. The number of hydrogen-bond acceptors (Lipinski definition) is 4. The Morgan fingerprint density at radius 3 is 2.60 bits per heavy atom. The molecule has 15 heavy (non-hydrogen) atoms. The van der Waals surface area contributed by atoms with Crippen molar-refractivity contribution in [1.82, 2.24) is 0 Å². The van der Waals surface area contributed by atoms with Gasteiger partial charge in [0, 0.05) is 0 Å². The van der Waals surface area contributed by atoms with Crippen molar-refractivity contribution in [2.45, 2.75) is 38.0 Å². The lowest BCUT2D eigenvalue weighted by Gasteiger charge is -2.26. The zero-order valence-corrected chi connectivity index (χ0v) is 8.89. The Hall–Kier alpha value is -0.585. The molecule has 5 nitrogen and oxygen atoms in total. The van der Waals surface area contributed by atoms with E-state index in [0.29, 0.717) is 12.8 Å². The average molecular weight is 215 g/mol. The molecule has 0 aromatic heterocycles. The Labute approximate surface area is 89.4 Å². The van der Waals surface area contributed by atoms with Crippen molar-refractivity contribution in [1.29, 1.82) is 0 Å². The highest BCUT2D eigenvalue weighted by molar-refractivity contribution is 6.40. The molecule has 6 heteroatoms. The third-order valence-electron chi connectivity index (χ3n) is 3.64. The molecular weight excluding hydrogens is 197 g/mol. The SMILES string of the molecule is C[C@H]1C(CCB(O)O)CCC1(N)C(=O)O. The first-order valence-corrected chi connectivity index (χ1v) is 5.26. The summed E-state index contributed by atoms with van der Waals surface area (Å²) in [5, 5.41) is 26.5. The van der Waals surface area contributed by atoms with Crippen LogP contribution in [0.3, 0.4) is 0 Å². The van der Waals surface area contributed by atoms with Crippen LogP contribution in [-0.4, -0.2) is 33.8 Å². The summed E-state index contributed by atoms with van der Waals surface area (Å²) in [4.78, 5) is 11.0. The van der Waals surface area contributed by atoms with Crippen molar-refractivity contribution in [3.63, 3.8) is 0 Å². The Bertz CT molecular complexity index is 248. The van der Waals surface area contributed by atoms with E-state index in [1.165, 1.54) is 0 Å². The van der Waals surface area contributed by atoms with Crippen LogP contribution in [0.5, 0.6) is 0 Å². The van der Waals surface area contributed by atoms with Gasteiger partial charge in [-0.2, -0.15) is 0 Å². The normalized spacial score (nSPS) is 35.5. The van der Waals surface area contributed by atoms with E-state index in [-0.39, 0.29) is 18.2 Å². The summed E-state index contributed by atoms with van der Waals surface area (Å²) >= 11 is 0. The number of aliphatic carboxylic acids is 1. The molecule has 0 radical (unpaired) electrons. The molecule has 1 aliphatic carbocycles. The standard InChI is InChI=1S/C9H18BNO4/c1-6-7(3-5-10(14)15)2-4-9(6,11)8(12)13/h6-7,14-15H,2-5,11H2,1H3,(H,12,13)/t6-,7?,9?/m0/s1. The third-order valence-corrected chi connectivity index (χ3v) is 3.64. The first kappa shape index (κ1) is 12.5. The molecule has 0 amide bonds. The predicted octanol–water partition coefficient (Wildman–Crippen LogP) is -0.323. The molecule has 0 bridgehead atoms. The molecule has 0 spiro atoms. The van der Waals surface area contributed by atoms with Gasteiger partial charge in [-0.1, -0.05) is 13.3 Å². The van der Waals surface area contributed by atoms with E-state index in [1.807, 2.05) is 6.92 Å². The highest BCUT2D eigenvalue weighted by Crippen LogP contribution is 2.41. The molecule has 1 rings (SSSR count). The van der Waals surface area contributed by atoms with Gasteiger partial charge in [-0.15, -0.1) is 0 Å². The molecule has 0 saturated heterocycles. The summed E-state index contributed by atoms with van der Waals surface area (Å²) in [6.45, 7) is 1.83. The van der Waals surface area contributed by atoms with Gasteiger partial charge in [-0.25, -0.2) is 0 Å². The lowest BCUT2D eigenvalue weighted by Crippen LogP contribution is -2.51. The van der Waals surface area contributed by atoms with Crippen LogP contribution in [0.15, 0.2) is 0 Å². The average Bonchev–Trinajstić information content (AvgIpc) is 2.42. The minimum Gasteiger partial charge on any atom is -0.480 e. The zero-order valence-electron chi connectivity index (χ0n) is 8.89. The second-order valence-corrected chi connectivity index (χ2v) is 4.49. The molecule has 0 aromatic carbocycles. The van der Waals surface area contributed by atoms with Crippen LogP contribution < -0.4 is 5.73 Å². The van der Waals surface area contributed by atoms with Crippen LogP contribution in [0.25, 0.3) is 0 Å². The van der Waals surface area contributed by atoms with E-state index in [0.717, 1.165) is 6.42 Å². The topological polar surface area (TPSA) is 104 Å². The van der Waals surface area contributed by atoms with E-state index in [1.54, 1.807) is 0 Å². The van der Waals surface area contributed by atoms with E-state index in [9.17, 15) is 4.79 Å².